The van der Waals surface area contributed by atoms with Crippen molar-refractivity contribution in [3.63, 3.8) is 0 Å². The van der Waals surface area contributed by atoms with Gasteiger partial charge in [0, 0.05) is 16.8 Å². The molecule has 0 aliphatic heterocycles. The first kappa shape index (κ1) is 11.6. The van der Waals surface area contributed by atoms with Crippen LogP contribution in [0.15, 0.2) is 29.6 Å². The molecule has 0 spiro atoms. The Morgan fingerprint density at radius 3 is 2.69 bits per heavy atom. The summed E-state index contributed by atoms with van der Waals surface area (Å²) < 4.78 is 12.7. The molecule has 0 saturated heterocycles. The van der Waals surface area contributed by atoms with Crippen LogP contribution in [-0.2, 0) is 6.42 Å². The average Bonchev–Trinajstić information content (AvgIpc) is 2.76. The van der Waals surface area contributed by atoms with E-state index in [9.17, 15) is 4.39 Å². The van der Waals surface area contributed by atoms with Gasteiger partial charge in [-0.15, -0.1) is 22.9 Å². The number of hydrogen-bond acceptors (Lipinski definition) is 2. The molecule has 16 heavy (non-hydrogen) atoms. The van der Waals surface area contributed by atoms with Gasteiger partial charge in [-0.3, -0.25) is 0 Å². The Bertz CT molecular complexity index is 452. The van der Waals surface area contributed by atoms with Gasteiger partial charge in [0.1, 0.15) is 10.8 Å². The Kier molecular flexibility index (Phi) is 3.91. The highest BCUT2D eigenvalue weighted by Gasteiger charge is 2.04. The first-order chi connectivity index (χ1) is 7.79. The summed E-state index contributed by atoms with van der Waals surface area (Å²) in [5.41, 5.74) is 2.02. The van der Waals surface area contributed by atoms with E-state index in [4.69, 9.17) is 11.6 Å². The van der Waals surface area contributed by atoms with E-state index in [1.165, 1.54) is 12.1 Å². The summed E-state index contributed by atoms with van der Waals surface area (Å²) in [4.78, 5) is 4.49. The van der Waals surface area contributed by atoms with E-state index in [0.717, 1.165) is 29.1 Å². The molecule has 1 aromatic carbocycles. The minimum absolute atomic E-state index is 0.220. The molecule has 2 aromatic rings. The van der Waals surface area contributed by atoms with Crippen molar-refractivity contribution >= 4 is 22.9 Å². The lowest BCUT2D eigenvalue weighted by Gasteiger charge is -1.95. The van der Waals surface area contributed by atoms with E-state index in [0.29, 0.717) is 5.88 Å². The number of halogens is 2. The third kappa shape index (κ3) is 2.80. The summed E-state index contributed by atoms with van der Waals surface area (Å²) in [5, 5.41) is 2.97. The van der Waals surface area contributed by atoms with Crippen molar-refractivity contribution in [2.45, 2.75) is 12.8 Å². The van der Waals surface area contributed by atoms with E-state index in [1.54, 1.807) is 23.5 Å². The quantitative estimate of drug-likeness (QED) is 0.749. The molecule has 1 aromatic heterocycles. The third-order valence-electron chi connectivity index (χ3n) is 2.21. The molecule has 2 rings (SSSR count). The number of aromatic nitrogens is 1. The molecule has 1 heterocycles. The molecule has 0 unspecified atom stereocenters. The van der Waals surface area contributed by atoms with Crippen LogP contribution in [0.2, 0.25) is 0 Å². The van der Waals surface area contributed by atoms with Gasteiger partial charge in [-0.1, -0.05) is 0 Å². The van der Waals surface area contributed by atoms with Crippen LogP contribution in [0, 0.1) is 5.82 Å². The van der Waals surface area contributed by atoms with Crippen molar-refractivity contribution in [3.05, 3.63) is 41.2 Å². The highest BCUT2D eigenvalue weighted by molar-refractivity contribution is 7.13. The van der Waals surface area contributed by atoms with Crippen LogP contribution >= 0.6 is 22.9 Å². The molecule has 0 aliphatic carbocycles. The number of rotatable bonds is 4. The van der Waals surface area contributed by atoms with Crippen LogP contribution in [0.4, 0.5) is 4.39 Å². The Morgan fingerprint density at radius 1 is 1.25 bits per heavy atom. The molecule has 0 bridgehead atoms. The topological polar surface area (TPSA) is 12.9 Å². The van der Waals surface area contributed by atoms with Crippen molar-refractivity contribution in [2.24, 2.45) is 0 Å². The van der Waals surface area contributed by atoms with Crippen molar-refractivity contribution in [1.82, 2.24) is 4.98 Å². The van der Waals surface area contributed by atoms with Gasteiger partial charge in [-0.2, -0.15) is 0 Å². The molecule has 0 N–H and O–H groups in total. The average molecular weight is 256 g/mol. The van der Waals surface area contributed by atoms with Crippen LogP contribution < -0.4 is 0 Å². The van der Waals surface area contributed by atoms with Gasteiger partial charge in [0.25, 0.3) is 0 Å². The maximum absolute atomic E-state index is 12.7. The highest BCUT2D eigenvalue weighted by atomic mass is 35.5. The van der Waals surface area contributed by atoms with Crippen molar-refractivity contribution in [2.75, 3.05) is 5.88 Å². The zero-order valence-electron chi connectivity index (χ0n) is 8.62. The van der Waals surface area contributed by atoms with E-state index in [2.05, 4.69) is 4.98 Å². The maximum Gasteiger partial charge on any atom is 0.123 e. The normalized spacial score (nSPS) is 10.6. The number of nitrogens with zero attached hydrogens (tertiary/aromatic N) is 1. The Morgan fingerprint density at radius 2 is 2.00 bits per heavy atom. The Labute approximate surface area is 103 Å². The molecule has 0 radical (unpaired) electrons. The number of aryl methyl sites for hydroxylation is 1. The van der Waals surface area contributed by atoms with Crippen LogP contribution in [0.25, 0.3) is 10.6 Å². The van der Waals surface area contributed by atoms with Gasteiger partial charge in [-0.25, -0.2) is 9.37 Å². The molecule has 4 heteroatoms. The highest BCUT2D eigenvalue weighted by Crippen LogP contribution is 2.24. The first-order valence-electron chi connectivity index (χ1n) is 5.06. The second-order valence-electron chi connectivity index (χ2n) is 3.44. The van der Waals surface area contributed by atoms with E-state index >= 15 is 0 Å². The second kappa shape index (κ2) is 5.41. The van der Waals surface area contributed by atoms with E-state index < -0.39 is 0 Å². The Hall–Kier alpha value is -0.930. The summed E-state index contributed by atoms with van der Waals surface area (Å²) in [6, 6.07) is 6.41. The molecule has 0 fully saturated rings. The number of benzene rings is 1. The van der Waals surface area contributed by atoms with Crippen molar-refractivity contribution in [3.8, 4) is 10.6 Å². The molecule has 0 atom stereocenters. The predicted molar refractivity (Wildman–Crippen MR) is 66.5 cm³/mol. The van der Waals surface area contributed by atoms with Gasteiger partial charge in [0.05, 0.1) is 5.69 Å². The zero-order chi connectivity index (χ0) is 11.4. The van der Waals surface area contributed by atoms with Gasteiger partial charge in [-0.05, 0) is 37.1 Å². The number of alkyl halides is 1. The fraction of sp³-hybridized carbons (Fsp3) is 0.250. The smallest absolute Gasteiger partial charge is 0.123 e. The van der Waals surface area contributed by atoms with Gasteiger partial charge in [0.15, 0.2) is 0 Å². The largest absolute Gasteiger partial charge is 0.241 e. The lowest BCUT2D eigenvalue weighted by molar-refractivity contribution is 0.628. The van der Waals surface area contributed by atoms with Crippen LogP contribution in [-0.4, -0.2) is 10.9 Å². The summed E-state index contributed by atoms with van der Waals surface area (Å²) in [5.74, 6) is 0.436. The fourth-order valence-corrected chi connectivity index (χ4v) is 2.39. The zero-order valence-corrected chi connectivity index (χ0v) is 10.2. The van der Waals surface area contributed by atoms with Gasteiger partial charge < -0.3 is 0 Å². The standard InChI is InChI=1S/C12H11ClFNS/c13-7-1-2-11-8-16-12(15-11)9-3-5-10(14)6-4-9/h3-6,8H,1-2,7H2. The fourth-order valence-electron chi connectivity index (χ4n) is 1.39. The van der Waals surface area contributed by atoms with Crippen molar-refractivity contribution in [1.29, 1.82) is 0 Å². The number of hydrogen-bond donors (Lipinski definition) is 0. The molecule has 84 valence electrons. The van der Waals surface area contributed by atoms with Crippen LogP contribution in [0.1, 0.15) is 12.1 Å². The monoisotopic (exact) mass is 255 g/mol. The Balaban J connectivity index is 2.15. The molecule has 0 amide bonds. The lowest BCUT2D eigenvalue weighted by Crippen LogP contribution is -1.86. The van der Waals surface area contributed by atoms with Crippen LogP contribution in [0.3, 0.4) is 0 Å². The number of thiazole rings is 1. The molecular weight excluding hydrogens is 245 g/mol. The summed E-state index contributed by atoms with van der Waals surface area (Å²) >= 11 is 7.21. The SMILES string of the molecule is Fc1ccc(-c2nc(CCCCl)cs2)cc1. The summed E-state index contributed by atoms with van der Waals surface area (Å²) in [6.07, 6.45) is 1.84. The minimum Gasteiger partial charge on any atom is -0.241 e. The van der Waals surface area contributed by atoms with Gasteiger partial charge in [0.2, 0.25) is 0 Å². The summed E-state index contributed by atoms with van der Waals surface area (Å²) in [7, 11) is 0. The molecule has 0 aliphatic rings. The molecule has 1 nitrogen and oxygen atoms in total. The van der Waals surface area contributed by atoms with E-state index in [1.807, 2.05) is 5.38 Å². The third-order valence-corrected chi connectivity index (χ3v) is 3.42. The maximum atomic E-state index is 12.7. The molecule has 0 saturated carbocycles. The lowest BCUT2D eigenvalue weighted by atomic mass is 10.2. The van der Waals surface area contributed by atoms with E-state index in [-0.39, 0.29) is 5.82 Å². The second-order valence-corrected chi connectivity index (χ2v) is 4.68. The predicted octanol–water partition coefficient (Wildman–Crippen LogP) is 4.12. The minimum atomic E-state index is -0.220. The summed E-state index contributed by atoms with van der Waals surface area (Å²) in [6.45, 7) is 0. The first-order valence-corrected chi connectivity index (χ1v) is 6.47. The van der Waals surface area contributed by atoms with Crippen molar-refractivity contribution < 1.29 is 4.39 Å². The van der Waals surface area contributed by atoms with Crippen LogP contribution in [0.5, 0.6) is 0 Å². The van der Waals surface area contributed by atoms with Gasteiger partial charge >= 0.3 is 0 Å². The molecular formula is C12H11ClFNS.